The first-order chi connectivity index (χ1) is 16.5. The maximum atomic E-state index is 13.3. The summed E-state index contributed by atoms with van der Waals surface area (Å²) in [6.07, 6.45) is -3.64. The second-order valence-electron chi connectivity index (χ2n) is 7.84. The SMILES string of the molecule is CS(=O)(=O)c1ccc(N(Cc2ccc(-c3nnc(C(F)(F)F)o3)cc2)C(=O)N2CCOCC2)cc1. The van der Waals surface area contributed by atoms with Crippen molar-refractivity contribution in [1.82, 2.24) is 15.1 Å². The molecule has 1 aliphatic rings. The van der Waals surface area contributed by atoms with Crippen molar-refractivity contribution in [3.8, 4) is 11.5 Å². The van der Waals surface area contributed by atoms with Gasteiger partial charge in [0.15, 0.2) is 9.84 Å². The van der Waals surface area contributed by atoms with Gasteiger partial charge in [-0.3, -0.25) is 4.90 Å². The predicted octanol–water partition coefficient (Wildman–Crippen LogP) is 3.62. The van der Waals surface area contributed by atoms with E-state index in [1.807, 2.05) is 0 Å². The van der Waals surface area contributed by atoms with Crippen LogP contribution in [-0.4, -0.2) is 62.1 Å². The molecule has 0 saturated carbocycles. The number of benzene rings is 2. The predicted molar refractivity (Wildman–Crippen MR) is 118 cm³/mol. The van der Waals surface area contributed by atoms with Gasteiger partial charge in [-0.25, -0.2) is 13.2 Å². The molecule has 13 heteroatoms. The minimum absolute atomic E-state index is 0.127. The summed E-state index contributed by atoms with van der Waals surface area (Å²) in [6, 6.07) is 12.0. The van der Waals surface area contributed by atoms with Gasteiger partial charge in [-0.1, -0.05) is 12.1 Å². The number of carbonyl (C=O) groups excluding carboxylic acids is 1. The van der Waals surface area contributed by atoms with Crippen LogP contribution < -0.4 is 4.90 Å². The summed E-state index contributed by atoms with van der Waals surface area (Å²) in [5.74, 6) is -1.71. The first-order valence-corrected chi connectivity index (χ1v) is 12.4. The Hall–Kier alpha value is -3.45. The Morgan fingerprint density at radius 2 is 1.66 bits per heavy atom. The van der Waals surface area contributed by atoms with E-state index in [9.17, 15) is 26.4 Å². The molecule has 0 atom stereocenters. The van der Waals surface area contributed by atoms with E-state index in [4.69, 9.17) is 9.15 Å². The number of morpholine rings is 1. The van der Waals surface area contributed by atoms with E-state index in [2.05, 4.69) is 10.2 Å². The van der Waals surface area contributed by atoms with Gasteiger partial charge in [-0.2, -0.15) is 13.2 Å². The van der Waals surface area contributed by atoms with Gasteiger partial charge in [0.05, 0.1) is 24.7 Å². The fourth-order valence-corrected chi connectivity index (χ4v) is 4.09. The zero-order valence-electron chi connectivity index (χ0n) is 18.5. The highest BCUT2D eigenvalue weighted by molar-refractivity contribution is 7.90. The van der Waals surface area contributed by atoms with Crippen molar-refractivity contribution in [2.45, 2.75) is 17.6 Å². The van der Waals surface area contributed by atoms with E-state index in [1.54, 1.807) is 29.2 Å². The second-order valence-corrected chi connectivity index (χ2v) is 9.86. The van der Waals surface area contributed by atoms with Crippen molar-refractivity contribution in [2.75, 3.05) is 37.5 Å². The van der Waals surface area contributed by atoms with E-state index < -0.39 is 21.9 Å². The third kappa shape index (κ3) is 5.80. The highest BCUT2D eigenvalue weighted by Gasteiger charge is 2.38. The van der Waals surface area contributed by atoms with Crippen LogP contribution in [0.2, 0.25) is 0 Å². The van der Waals surface area contributed by atoms with E-state index in [-0.39, 0.29) is 23.4 Å². The lowest BCUT2D eigenvalue weighted by atomic mass is 10.1. The lowest BCUT2D eigenvalue weighted by Gasteiger charge is -2.33. The smallest absolute Gasteiger partial charge is 0.413 e. The van der Waals surface area contributed by atoms with Crippen molar-refractivity contribution in [1.29, 1.82) is 0 Å². The van der Waals surface area contributed by atoms with Crippen molar-refractivity contribution in [3.05, 3.63) is 60.0 Å². The monoisotopic (exact) mass is 510 g/mol. The van der Waals surface area contributed by atoms with Crippen molar-refractivity contribution in [3.63, 3.8) is 0 Å². The molecule has 0 N–H and O–H groups in total. The van der Waals surface area contributed by atoms with Crippen molar-refractivity contribution in [2.24, 2.45) is 0 Å². The molecule has 1 saturated heterocycles. The number of aromatic nitrogens is 2. The molecule has 0 radical (unpaired) electrons. The van der Waals surface area contributed by atoms with Crippen LogP contribution >= 0.6 is 0 Å². The number of ether oxygens (including phenoxy) is 1. The molecule has 0 unspecified atom stereocenters. The number of anilines is 1. The first kappa shape index (κ1) is 24.7. The summed E-state index contributed by atoms with van der Waals surface area (Å²) in [5.41, 5.74) is 1.46. The Bertz CT molecular complexity index is 1290. The molecule has 186 valence electrons. The Morgan fingerprint density at radius 3 is 2.20 bits per heavy atom. The topological polar surface area (TPSA) is 106 Å². The number of carbonyl (C=O) groups is 1. The molecular formula is C22H21F3N4O5S. The molecule has 2 aromatic carbocycles. The zero-order valence-corrected chi connectivity index (χ0v) is 19.3. The van der Waals surface area contributed by atoms with Crippen molar-refractivity contribution >= 4 is 21.6 Å². The summed E-state index contributed by atoms with van der Waals surface area (Å²) in [7, 11) is -3.40. The van der Waals surface area contributed by atoms with Gasteiger partial charge in [0.1, 0.15) is 0 Å². The highest BCUT2D eigenvalue weighted by atomic mass is 32.2. The number of halogens is 3. The summed E-state index contributed by atoms with van der Waals surface area (Å²) in [5, 5.41) is 6.46. The largest absolute Gasteiger partial charge is 0.470 e. The number of urea groups is 1. The van der Waals surface area contributed by atoms with Gasteiger partial charge in [-0.05, 0) is 42.0 Å². The van der Waals surface area contributed by atoms with Crippen LogP contribution in [0.5, 0.6) is 0 Å². The van der Waals surface area contributed by atoms with E-state index in [0.717, 1.165) is 6.26 Å². The Kier molecular flexibility index (Phi) is 6.81. The maximum absolute atomic E-state index is 13.3. The van der Waals surface area contributed by atoms with Crippen LogP contribution in [0.25, 0.3) is 11.5 Å². The molecule has 0 spiro atoms. The number of nitrogens with zero attached hydrogens (tertiary/aromatic N) is 4. The van der Waals surface area contributed by atoms with Crippen molar-refractivity contribution < 1.29 is 35.5 Å². The van der Waals surface area contributed by atoms with Crippen LogP contribution in [0.3, 0.4) is 0 Å². The van der Waals surface area contributed by atoms with E-state index >= 15 is 0 Å². The number of hydrogen-bond acceptors (Lipinski definition) is 7. The minimum atomic E-state index is -4.74. The number of alkyl halides is 3. The summed E-state index contributed by atoms with van der Waals surface area (Å²) < 4.78 is 71.8. The molecule has 1 fully saturated rings. The molecule has 2 amide bonds. The molecule has 35 heavy (non-hydrogen) atoms. The summed E-state index contributed by atoms with van der Waals surface area (Å²) in [6.45, 7) is 1.77. The van der Waals surface area contributed by atoms with Gasteiger partial charge in [0.2, 0.25) is 5.89 Å². The highest BCUT2D eigenvalue weighted by Crippen LogP contribution is 2.30. The van der Waals surface area contributed by atoms with Gasteiger partial charge in [0.25, 0.3) is 0 Å². The maximum Gasteiger partial charge on any atom is 0.470 e. The summed E-state index contributed by atoms with van der Waals surface area (Å²) >= 11 is 0. The normalized spacial score (nSPS) is 14.7. The lowest BCUT2D eigenvalue weighted by Crippen LogP contribution is -2.48. The molecule has 0 aliphatic carbocycles. The average Bonchev–Trinajstić information content (AvgIpc) is 3.34. The minimum Gasteiger partial charge on any atom is -0.413 e. The quantitative estimate of drug-likeness (QED) is 0.516. The number of amides is 2. The standard InChI is InChI=1S/C22H21F3N4O5S/c1-35(31,32)18-8-6-17(7-9-18)29(21(30)28-10-12-33-13-11-28)14-15-2-4-16(5-3-15)19-26-27-20(34-19)22(23,24)25/h2-9H,10-14H2,1H3. The molecule has 4 rings (SSSR count). The van der Waals surface area contributed by atoms with Crippen LogP contribution in [-0.2, 0) is 27.3 Å². The number of hydrogen-bond donors (Lipinski definition) is 0. The van der Waals surface area contributed by atoms with E-state index in [1.165, 1.54) is 29.2 Å². The number of sulfone groups is 1. The molecule has 9 nitrogen and oxygen atoms in total. The lowest BCUT2D eigenvalue weighted by molar-refractivity contribution is -0.156. The third-order valence-corrected chi connectivity index (χ3v) is 6.43. The summed E-state index contributed by atoms with van der Waals surface area (Å²) in [4.78, 5) is 16.6. The Morgan fingerprint density at radius 1 is 1.03 bits per heavy atom. The van der Waals surface area contributed by atoms with Gasteiger partial charge >= 0.3 is 18.1 Å². The molecular weight excluding hydrogens is 489 g/mol. The molecule has 2 heterocycles. The van der Waals surface area contributed by atoms with Gasteiger partial charge in [0, 0.05) is 30.6 Å². The molecule has 3 aromatic rings. The fraction of sp³-hybridized carbons (Fsp3) is 0.318. The van der Waals surface area contributed by atoms with Crippen LogP contribution in [0.4, 0.5) is 23.7 Å². The van der Waals surface area contributed by atoms with Gasteiger partial charge < -0.3 is 14.1 Å². The van der Waals surface area contributed by atoms with Gasteiger partial charge in [-0.15, -0.1) is 10.2 Å². The van der Waals surface area contributed by atoms with E-state index in [0.29, 0.717) is 43.1 Å². The molecule has 1 aromatic heterocycles. The fourth-order valence-electron chi connectivity index (χ4n) is 3.46. The van der Waals surface area contributed by atoms with Crippen LogP contribution in [0, 0.1) is 0 Å². The first-order valence-electron chi connectivity index (χ1n) is 10.5. The Labute approximate surface area is 199 Å². The second kappa shape index (κ2) is 9.66. The third-order valence-electron chi connectivity index (χ3n) is 5.30. The van der Waals surface area contributed by atoms with Crippen LogP contribution in [0.1, 0.15) is 11.5 Å². The average molecular weight is 510 g/mol. The molecule has 0 bridgehead atoms. The zero-order chi connectivity index (χ0) is 25.2. The van der Waals surface area contributed by atoms with Crippen LogP contribution in [0.15, 0.2) is 57.8 Å². The Balaban J connectivity index is 1.59. The number of rotatable bonds is 5. The molecule has 1 aliphatic heterocycles.